The van der Waals surface area contributed by atoms with Crippen molar-refractivity contribution < 1.29 is 27.5 Å². The van der Waals surface area contributed by atoms with Gasteiger partial charge in [-0.25, -0.2) is 0 Å². The van der Waals surface area contributed by atoms with E-state index in [0.717, 1.165) is 22.4 Å². The zero-order chi connectivity index (χ0) is 27.0. The van der Waals surface area contributed by atoms with Gasteiger partial charge in [0, 0.05) is 29.8 Å². The molecule has 1 fully saturated rings. The first kappa shape index (κ1) is 25.6. The summed E-state index contributed by atoms with van der Waals surface area (Å²) in [6, 6.07) is 19.8. The Kier molecular flexibility index (Phi) is 6.77. The zero-order valence-corrected chi connectivity index (χ0v) is 21.0. The van der Waals surface area contributed by atoms with Gasteiger partial charge in [-0.05, 0) is 59.9 Å². The average molecular weight is 524 g/mol. The maximum atomic E-state index is 13.2. The van der Waals surface area contributed by atoms with E-state index < -0.39 is 18.1 Å². The minimum Gasteiger partial charge on any atom is -0.495 e. The maximum absolute atomic E-state index is 13.2. The number of piperidine rings is 1. The lowest BCUT2D eigenvalue weighted by atomic mass is 9.86. The van der Waals surface area contributed by atoms with E-state index in [4.69, 9.17) is 4.74 Å². The highest BCUT2D eigenvalue weighted by Crippen LogP contribution is 2.46. The summed E-state index contributed by atoms with van der Waals surface area (Å²) in [6.07, 6.45) is -4.19. The zero-order valence-electron chi connectivity index (χ0n) is 21.0. The number of methoxy groups -OCH3 is 1. The molecule has 38 heavy (non-hydrogen) atoms. The Bertz CT molecular complexity index is 1370. The molecule has 2 N–H and O–H groups in total. The summed E-state index contributed by atoms with van der Waals surface area (Å²) in [5, 5.41) is 5.10. The van der Waals surface area contributed by atoms with Crippen LogP contribution in [0.5, 0.6) is 5.75 Å². The molecule has 0 aromatic heterocycles. The summed E-state index contributed by atoms with van der Waals surface area (Å²) < 4.78 is 44.1. The summed E-state index contributed by atoms with van der Waals surface area (Å²) in [7, 11) is 1.54. The van der Waals surface area contributed by atoms with E-state index in [2.05, 4.69) is 22.5 Å². The Morgan fingerprint density at radius 3 is 2.42 bits per heavy atom. The largest absolute Gasteiger partial charge is 0.495 e. The smallest absolute Gasteiger partial charge is 0.471 e. The molecule has 1 saturated heterocycles. The van der Waals surface area contributed by atoms with Gasteiger partial charge < -0.3 is 20.3 Å². The number of nitrogens with zero attached hydrogens (tertiary/aromatic N) is 1. The summed E-state index contributed by atoms with van der Waals surface area (Å²) in [5.74, 6) is -1.68. The van der Waals surface area contributed by atoms with Crippen molar-refractivity contribution in [3.05, 3.63) is 89.0 Å². The quantitative estimate of drug-likeness (QED) is 0.454. The fourth-order valence-corrected chi connectivity index (χ4v) is 5.57. The lowest BCUT2D eigenvalue weighted by molar-refractivity contribution is -0.174. The molecule has 9 heteroatoms. The molecule has 0 saturated carbocycles. The summed E-state index contributed by atoms with van der Waals surface area (Å²) >= 11 is 0. The number of hydrogen-bond acceptors (Lipinski definition) is 4. The second-order valence-electron chi connectivity index (χ2n) is 9.68. The molecule has 2 amide bonds. The van der Waals surface area contributed by atoms with Crippen LogP contribution in [-0.4, -0.2) is 37.7 Å². The highest BCUT2D eigenvalue weighted by Gasteiger charge is 2.42. The number of rotatable bonds is 4. The molecule has 0 radical (unpaired) electrons. The molecule has 2 aliphatic heterocycles. The predicted octanol–water partition coefficient (Wildman–Crippen LogP) is 5.80. The number of carbonyl (C=O) groups is 2. The van der Waals surface area contributed by atoms with Gasteiger partial charge in [-0.1, -0.05) is 43.3 Å². The van der Waals surface area contributed by atoms with E-state index in [1.807, 2.05) is 48.5 Å². The number of para-hydroxylation sites is 2. The number of hydrogen-bond donors (Lipinski definition) is 2. The highest BCUT2D eigenvalue weighted by atomic mass is 19.4. The van der Waals surface area contributed by atoms with E-state index in [1.165, 1.54) is 0 Å². The molecule has 3 aromatic carbocycles. The third kappa shape index (κ3) is 4.80. The van der Waals surface area contributed by atoms with Crippen molar-refractivity contribution in [1.29, 1.82) is 0 Å². The van der Waals surface area contributed by atoms with Crippen LogP contribution in [0.15, 0.2) is 66.7 Å². The monoisotopic (exact) mass is 523 g/mol. The van der Waals surface area contributed by atoms with Gasteiger partial charge in [0.25, 0.3) is 5.91 Å². The number of nitrogens with one attached hydrogen (secondary N) is 2. The van der Waals surface area contributed by atoms with Crippen molar-refractivity contribution in [1.82, 2.24) is 5.32 Å². The first-order valence-electron chi connectivity index (χ1n) is 12.5. The van der Waals surface area contributed by atoms with E-state index in [0.29, 0.717) is 36.4 Å². The van der Waals surface area contributed by atoms with Gasteiger partial charge in [0.15, 0.2) is 0 Å². The standard InChI is InChI=1S/C29H28F3N3O3/c1-17-20-7-3-4-8-21(20)25-16-19(33-28(37)29(30,31)32)13-14-35(25)24-12-11-18(15-22(17)24)27(36)34-23-9-5-6-10-26(23)38-2/h3-12,15,17,19,25H,13-14,16H2,1-2H3,(H,33,37)(H,34,36)/t17-,19-,25-/m1/s1. The summed E-state index contributed by atoms with van der Waals surface area (Å²) in [4.78, 5) is 27.0. The predicted molar refractivity (Wildman–Crippen MR) is 139 cm³/mol. The number of halogens is 3. The molecule has 5 rings (SSSR count). The third-order valence-corrected chi connectivity index (χ3v) is 7.44. The highest BCUT2D eigenvalue weighted by molar-refractivity contribution is 6.05. The van der Waals surface area contributed by atoms with Crippen molar-refractivity contribution in [2.24, 2.45) is 0 Å². The average Bonchev–Trinajstić information content (AvgIpc) is 3.01. The van der Waals surface area contributed by atoms with Gasteiger partial charge in [0.2, 0.25) is 0 Å². The minimum absolute atomic E-state index is 0.0611. The molecular formula is C29H28F3N3O3. The molecule has 2 aliphatic rings. The van der Waals surface area contributed by atoms with Gasteiger partial charge in [-0.3, -0.25) is 9.59 Å². The minimum atomic E-state index is -4.92. The van der Waals surface area contributed by atoms with Gasteiger partial charge in [0.1, 0.15) is 5.75 Å². The third-order valence-electron chi connectivity index (χ3n) is 7.44. The van der Waals surface area contributed by atoms with Gasteiger partial charge in [-0.15, -0.1) is 0 Å². The topological polar surface area (TPSA) is 70.7 Å². The van der Waals surface area contributed by atoms with Crippen LogP contribution in [0.1, 0.15) is 58.8 Å². The van der Waals surface area contributed by atoms with Crippen LogP contribution in [0.3, 0.4) is 0 Å². The lowest BCUT2D eigenvalue weighted by Gasteiger charge is -2.41. The molecular weight excluding hydrogens is 495 g/mol. The molecule has 0 unspecified atom stereocenters. The molecule has 0 aliphatic carbocycles. The second kappa shape index (κ2) is 10.0. The number of carbonyl (C=O) groups excluding carboxylic acids is 2. The van der Waals surface area contributed by atoms with Gasteiger partial charge in [-0.2, -0.15) is 13.2 Å². The van der Waals surface area contributed by atoms with Crippen LogP contribution < -0.4 is 20.3 Å². The van der Waals surface area contributed by atoms with E-state index in [1.54, 1.807) is 25.3 Å². The van der Waals surface area contributed by atoms with Crippen LogP contribution in [0.4, 0.5) is 24.5 Å². The Balaban J connectivity index is 1.48. The van der Waals surface area contributed by atoms with Crippen molar-refractivity contribution in [3.8, 4) is 5.75 Å². The molecule has 198 valence electrons. The summed E-state index contributed by atoms with van der Waals surface area (Å²) in [6.45, 7) is 2.54. The number of alkyl halides is 3. The molecule has 3 aromatic rings. The van der Waals surface area contributed by atoms with Crippen LogP contribution in [0.25, 0.3) is 0 Å². The second-order valence-corrected chi connectivity index (χ2v) is 9.68. The Morgan fingerprint density at radius 1 is 0.974 bits per heavy atom. The van der Waals surface area contributed by atoms with Gasteiger partial charge >= 0.3 is 12.1 Å². The fourth-order valence-electron chi connectivity index (χ4n) is 5.57. The molecule has 0 bridgehead atoms. The summed E-state index contributed by atoms with van der Waals surface area (Å²) in [5.41, 5.74) is 5.02. The lowest BCUT2D eigenvalue weighted by Crippen LogP contribution is -2.49. The van der Waals surface area contributed by atoms with E-state index in [-0.39, 0.29) is 17.9 Å². The fraction of sp³-hybridized carbons (Fsp3) is 0.310. The Morgan fingerprint density at radius 2 is 1.68 bits per heavy atom. The molecule has 0 spiro atoms. The van der Waals surface area contributed by atoms with E-state index in [9.17, 15) is 22.8 Å². The Hall–Kier alpha value is -4.01. The number of ether oxygens (including phenoxy) is 1. The van der Waals surface area contributed by atoms with Crippen LogP contribution >= 0.6 is 0 Å². The normalized spacial score (nSPS) is 20.3. The molecule has 3 atom stereocenters. The van der Waals surface area contributed by atoms with Crippen LogP contribution in [0, 0.1) is 0 Å². The SMILES string of the molecule is COc1ccccc1NC(=O)c1ccc2c(c1)[C@H](C)c1ccccc1[C@H]1C[C@H](NC(=O)C(F)(F)F)CCN21. The molecule has 2 heterocycles. The van der Waals surface area contributed by atoms with Crippen molar-refractivity contribution in [2.75, 3.05) is 23.9 Å². The number of fused-ring (bicyclic) bond motifs is 5. The van der Waals surface area contributed by atoms with Crippen LogP contribution in [0.2, 0.25) is 0 Å². The van der Waals surface area contributed by atoms with Crippen molar-refractivity contribution in [3.63, 3.8) is 0 Å². The Labute approximate surface area is 218 Å². The van der Waals surface area contributed by atoms with Crippen molar-refractivity contribution >= 4 is 23.2 Å². The van der Waals surface area contributed by atoms with Crippen molar-refractivity contribution in [2.45, 2.75) is 43.9 Å². The number of benzene rings is 3. The maximum Gasteiger partial charge on any atom is 0.471 e. The first-order chi connectivity index (χ1) is 18.2. The number of amides is 2. The number of anilines is 2. The van der Waals surface area contributed by atoms with E-state index >= 15 is 0 Å². The molecule has 6 nitrogen and oxygen atoms in total. The van der Waals surface area contributed by atoms with Crippen LogP contribution in [-0.2, 0) is 4.79 Å². The van der Waals surface area contributed by atoms with Gasteiger partial charge in [0.05, 0.1) is 18.8 Å². The first-order valence-corrected chi connectivity index (χ1v) is 12.5.